The van der Waals surface area contributed by atoms with Crippen LogP contribution in [0.3, 0.4) is 0 Å². The minimum atomic E-state index is 0.634. The molecule has 1 aliphatic rings. The average Bonchev–Trinajstić information content (AvgIpc) is 3.08. The Labute approximate surface area is 133 Å². The van der Waals surface area contributed by atoms with Crippen LogP contribution in [0.5, 0.6) is 5.75 Å². The number of rotatable bonds is 7. The standard InChI is InChI=1S/C20H25NO/c1-2-7-19(8-3-1)17-22-20-12-10-18(11-13-20)9-6-16-21-14-4-5-15-21/h1-3,7-8,10-13H,4-6,9,14-17H2. The van der Waals surface area contributed by atoms with Gasteiger partial charge in [-0.15, -0.1) is 0 Å². The summed E-state index contributed by atoms with van der Waals surface area (Å²) in [5.74, 6) is 0.951. The zero-order valence-corrected chi connectivity index (χ0v) is 13.2. The van der Waals surface area contributed by atoms with E-state index in [2.05, 4.69) is 41.3 Å². The van der Waals surface area contributed by atoms with Crippen molar-refractivity contribution in [3.8, 4) is 5.75 Å². The molecule has 0 radical (unpaired) electrons. The molecule has 0 saturated carbocycles. The fourth-order valence-corrected chi connectivity index (χ4v) is 3.01. The van der Waals surface area contributed by atoms with Crippen LogP contribution in [0.15, 0.2) is 54.6 Å². The van der Waals surface area contributed by atoms with Gasteiger partial charge in [0.05, 0.1) is 0 Å². The van der Waals surface area contributed by atoms with Crippen LogP contribution in [0.25, 0.3) is 0 Å². The Morgan fingerprint density at radius 3 is 2.27 bits per heavy atom. The summed E-state index contributed by atoms with van der Waals surface area (Å²) in [7, 11) is 0. The molecule has 0 N–H and O–H groups in total. The second-order valence-corrected chi connectivity index (χ2v) is 6.07. The summed E-state index contributed by atoms with van der Waals surface area (Å²) in [4.78, 5) is 2.58. The number of ether oxygens (including phenoxy) is 1. The van der Waals surface area contributed by atoms with Crippen molar-refractivity contribution in [3.63, 3.8) is 0 Å². The molecule has 2 aromatic rings. The Kier molecular flexibility index (Phi) is 5.49. The van der Waals surface area contributed by atoms with Crippen LogP contribution in [0.1, 0.15) is 30.4 Å². The summed E-state index contributed by atoms with van der Waals surface area (Å²) in [5, 5.41) is 0. The maximum Gasteiger partial charge on any atom is 0.119 e. The van der Waals surface area contributed by atoms with E-state index in [9.17, 15) is 0 Å². The molecule has 0 aromatic heterocycles. The van der Waals surface area contributed by atoms with Gasteiger partial charge in [-0.2, -0.15) is 0 Å². The normalized spacial score (nSPS) is 15.1. The molecule has 116 valence electrons. The van der Waals surface area contributed by atoms with Crippen molar-refractivity contribution in [2.24, 2.45) is 0 Å². The third kappa shape index (κ3) is 4.60. The van der Waals surface area contributed by atoms with E-state index >= 15 is 0 Å². The highest BCUT2D eigenvalue weighted by molar-refractivity contribution is 5.27. The molecule has 2 heteroatoms. The van der Waals surface area contributed by atoms with Crippen molar-refractivity contribution in [2.45, 2.75) is 32.3 Å². The van der Waals surface area contributed by atoms with E-state index < -0.39 is 0 Å². The molecule has 1 aliphatic heterocycles. The SMILES string of the molecule is c1ccc(COc2ccc(CCCN3CCCC3)cc2)cc1. The van der Waals surface area contributed by atoms with Gasteiger partial charge in [0.15, 0.2) is 0 Å². The van der Waals surface area contributed by atoms with Gasteiger partial charge in [-0.3, -0.25) is 0 Å². The first-order chi connectivity index (χ1) is 10.9. The Balaban J connectivity index is 1.41. The average molecular weight is 295 g/mol. The number of likely N-dealkylation sites (tertiary alicyclic amines) is 1. The number of nitrogens with zero attached hydrogens (tertiary/aromatic N) is 1. The smallest absolute Gasteiger partial charge is 0.119 e. The van der Waals surface area contributed by atoms with Gasteiger partial charge >= 0.3 is 0 Å². The largest absolute Gasteiger partial charge is 0.489 e. The number of benzene rings is 2. The van der Waals surface area contributed by atoms with E-state index in [0.717, 1.165) is 12.2 Å². The van der Waals surface area contributed by atoms with Crippen LogP contribution in [-0.2, 0) is 13.0 Å². The number of aryl methyl sites for hydroxylation is 1. The molecule has 22 heavy (non-hydrogen) atoms. The minimum Gasteiger partial charge on any atom is -0.489 e. The molecule has 2 nitrogen and oxygen atoms in total. The topological polar surface area (TPSA) is 12.5 Å². The van der Waals surface area contributed by atoms with Crippen LogP contribution in [0, 0.1) is 0 Å². The molecule has 1 heterocycles. The fraction of sp³-hybridized carbons (Fsp3) is 0.400. The molecule has 3 rings (SSSR count). The maximum atomic E-state index is 5.82. The highest BCUT2D eigenvalue weighted by atomic mass is 16.5. The van der Waals surface area contributed by atoms with E-state index in [1.165, 1.54) is 50.0 Å². The molecule has 0 atom stereocenters. The van der Waals surface area contributed by atoms with Gasteiger partial charge in [0.25, 0.3) is 0 Å². The van der Waals surface area contributed by atoms with Gasteiger partial charge in [0.1, 0.15) is 12.4 Å². The molecule has 1 saturated heterocycles. The van der Waals surface area contributed by atoms with Gasteiger partial charge in [-0.1, -0.05) is 42.5 Å². The molecule has 0 unspecified atom stereocenters. The zero-order chi connectivity index (χ0) is 15.0. The monoisotopic (exact) mass is 295 g/mol. The predicted molar refractivity (Wildman–Crippen MR) is 91.2 cm³/mol. The summed E-state index contributed by atoms with van der Waals surface area (Å²) in [6, 6.07) is 18.9. The Hall–Kier alpha value is -1.80. The predicted octanol–water partition coefficient (Wildman–Crippen LogP) is 4.29. The zero-order valence-electron chi connectivity index (χ0n) is 13.2. The van der Waals surface area contributed by atoms with Gasteiger partial charge in [0.2, 0.25) is 0 Å². The second-order valence-electron chi connectivity index (χ2n) is 6.07. The maximum absolute atomic E-state index is 5.82. The van der Waals surface area contributed by atoms with E-state index in [0.29, 0.717) is 6.61 Å². The van der Waals surface area contributed by atoms with E-state index in [-0.39, 0.29) is 0 Å². The molecule has 0 amide bonds. The molecule has 0 spiro atoms. The second kappa shape index (κ2) is 8.00. The third-order valence-electron chi connectivity index (χ3n) is 4.31. The molecule has 0 aliphatic carbocycles. The molecule has 1 fully saturated rings. The van der Waals surface area contributed by atoms with Crippen LogP contribution in [0.4, 0.5) is 0 Å². The molecule has 0 bridgehead atoms. The van der Waals surface area contributed by atoms with Gasteiger partial charge in [0, 0.05) is 0 Å². The van der Waals surface area contributed by atoms with Crippen LogP contribution >= 0.6 is 0 Å². The Morgan fingerprint density at radius 2 is 1.55 bits per heavy atom. The lowest BCUT2D eigenvalue weighted by molar-refractivity contribution is 0.306. The van der Waals surface area contributed by atoms with Gasteiger partial charge < -0.3 is 9.64 Å². The summed E-state index contributed by atoms with van der Waals surface area (Å²) in [6.07, 6.45) is 5.18. The van der Waals surface area contributed by atoms with E-state index in [4.69, 9.17) is 4.74 Å². The van der Waals surface area contributed by atoms with Crippen molar-refractivity contribution >= 4 is 0 Å². The molecular weight excluding hydrogens is 270 g/mol. The van der Waals surface area contributed by atoms with Crippen molar-refractivity contribution in [1.82, 2.24) is 4.90 Å². The summed E-state index contributed by atoms with van der Waals surface area (Å²) >= 11 is 0. The first-order valence-corrected chi connectivity index (χ1v) is 8.38. The highest BCUT2D eigenvalue weighted by Crippen LogP contribution is 2.16. The van der Waals surface area contributed by atoms with Crippen LogP contribution in [0.2, 0.25) is 0 Å². The van der Waals surface area contributed by atoms with Gasteiger partial charge in [-0.05, 0) is 68.6 Å². The summed E-state index contributed by atoms with van der Waals surface area (Å²) < 4.78 is 5.82. The Bertz CT molecular complexity index is 544. The van der Waals surface area contributed by atoms with Crippen molar-refractivity contribution < 1.29 is 4.74 Å². The molecular formula is C20H25NO. The van der Waals surface area contributed by atoms with Crippen LogP contribution in [-0.4, -0.2) is 24.5 Å². The lowest BCUT2D eigenvalue weighted by atomic mass is 10.1. The first kappa shape index (κ1) is 15.1. The van der Waals surface area contributed by atoms with E-state index in [1.807, 2.05) is 18.2 Å². The fourth-order valence-electron chi connectivity index (χ4n) is 3.01. The first-order valence-electron chi connectivity index (χ1n) is 8.38. The van der Waals surface area contributed by atoms with Crippen LogP contribution < -0.4 is 4.74 Å². The molecule has 2 aromatic carbocycles. The quantitative estimate of drug-likeness (QED) is 0.755. The lowest BCUT2D eigenvalue weighted by Crippen LogP contribution is -2.20. The summed E-state index contributed by atoms with van der Waals surface area (Å²) in [6.45, 7) is 4.47. The van der Waals surface area contributed by atoms with Crippen molar-refractivity contribution in [3.05, 3.63) is 65.7 Å². The number of hydrogen-bond acceptors (Lipinski definition) is 2. The number of hydrogen-bond donors (Lipinski definition) is 0. The van der Waals surface area contributed by atoms with Crippen molar-refractivity contribution in [2.75, 3.05) is 19.6 Å². The van der Waals surface area contributed by atoms with Crippen molar-refractivity contribution in [1.29, 1.82) is 0 Å². The highest BCUT2D eigenvalue weighted by Gasteiger charge is 2.10. The summed E-state index contributed by atoms with van der Waals surface area (Å²) in [5.41, 5.74) is 2.61. The van der Waals surface area contributed by atoms with Gasteiger partial charge in [-0.25, -0.2) is 0 Å². The Morgan fingerprint density at radius 1 is 0.818 bits per heavy atom. The lowest BCUT2D eigenvalue weighted by Gasteiger charge is -2.14. The minimum absolute atomic E-state index is 0.634. The third-order valence-corrected chi connectivity index (χ3v) is 4.31. The van der Waals surface area contributed by atoms with E-state index in [1.54, 1.807) is 0 Å².